The van der Waals surface area contributed by atoms with Gasteiger partial charge in [-0.15, -0.1) is 0 Å². The van der Waals surface area contributed by atoms with Gasteiger partial charge in [0.05, 0.1) is 11.7 Å². The highest BCUT2D eigenvalue weighted by atomic mass is 32.2. The lowest BCUT2D eigenvalue weighted by molar-refractivity contribution is 0.00284. The number of aliphatic hydroxyl groups is 1. The van der Waals surface area contributed by atoms with Crippen LogP contribution in [-0.2, 0) is 4.74 Å². The molecule has 0 aliphatic carbocycles. The Bertz CT molecular complexity index is 165. The normalized spacial score (nSPS) is 25.3. The van der Waals surface area contributed by atoms with Crippen LogP contribution in [0.5, 0.6) is 0 Å². The van der Waals surface area contributed by atoms with E-state index in [0.29, 0.717) is 5.25 Å². The molecule has 0 aromatic heterocycles. The average Bonchev–Trinajstić information content (AvgIpc) is 2.67. The first kappa shape index (κ1) is 12.3. The van der Waals surface area contributed by atoms with Gasteiger partial charge in [-0.3, -0.25) is 0 Å². The van der Waals surface area contributed by atoms with Gasteiger partial charge < -0.3 is 9.84 Å². The Balaban J connectivity index is 2.23. The molecule has 2 nitrogen and oxygen atoms in total. The van der Waals surface area contributed by atoms with E-state index in [1.54, 1.807) is 7.11 Å². The summed E-state index contributed by atoms with van der Waals surface area (Å²) in [6.45, 7) is 4.14. The number of ether oxygens (including phenoxy) is 1. The number of aliphatic hydroxyl groups excluding tert-OH is 1. The molecule has 0 radical (unpaired) electrons. The molecule has 2 atom stereocenters. The van der Waals surface area contributed by atoms with E-state index < -0.39 is 0 Å². The van der Waals surface area contributed by atoms with Crippen molar-refractivity contribution in [2.75, 3.05) is 12.9 Å². The molecule has 0 aromatic carbocycles. The zero-order chi connectivity index (χ0) is 10.6. The van der Waals surface area contributed by atoms with Gasteiger partial charge >= 0.3 is 0 Å². The fourth-order valence-corrected chi connectivity index (χ4v) is 3.02. The Kier molecular flexibility index (Phi) is 4.74. The van der Waals surface area contributed by atoms with Gasteiger partial charge in [0.15, 0.2) is 0 Å². The van der Waals surface area contributed by atoms with E-state index in [4.69, 9.17) is 4.74 Å². The highest BCUT2D eigenvalue weighted by molar-refractivity contribution is 8.00. The Labute approximate surface area is 91.4 Å². The van der Waals surface area contributed by atoms with Crippen molar-refractivity contribution in [1.29, 1.82) is 0 Å². The minimum atomic E-state index is -0.142. The van der Waals surface area contributed by atoms with Gasteiger partial charge in [-0.05, 0) is 45.3 Å². The van der Waals surface area contributed by atoms with Crippen molar-refractivity contribution in [2.45, 2.75) is 56.5 Å². The number of rotatable bonds is 5. The van der Waals surface area contributed by atoms with E-state index in [2.05, 4.69) is 13.8 Å². The zero-order valence-electron chi connectivity index (χ0n) is 9.45. The lowest BCUT2D eigenvalue weighted by Crippen LogP contribution is -2.28. The molecule has 3 heteroatoms. The van der Waals surface area contributed by atoms with Crippen LogP contribution in [0.4, 0.5) is 0 Å². The summed E-state index contributed by atoms with van der Waals surface area (Å²) in [6, 6.07) is 0. The summed E-state index contributed by atoms with van der Waals surface area (Å²) in [5.74, 6) is 1.22. The molecule has 2 unspecified atom stereocenters. The first-order valence-corrected chi connectivity index (χ1v) is 6.45. The van der Waals surface area contributed by atoms with E-state index in [0.717, 1.165) is 12.8 Å². The third-order valence-corrected chi connectivity index (χ3v) is 4.49. The van der Waals surface area contributed by atoms with E-state index >= 15 is 0 Å². The molecule has 14 heavy (non-hydrogen) atoms. The molecule has 0 aromatic rings. The summed E-state index contributed by atoms with van der Waals surface area (Å²) in [6.07, 6.45) is 4.09. The predicted octanol–water partition coefficient (Wildman–Crippen LogP) is 2.45. The molecule has 1 heterocycles. The van der Waals surface area contributed by atoms with Crippen molar-refractivity contribution in [1.82, 2.24) is 0 Å². The third-order valence-electron chi connectivity index (χ3n) is 2.99. The van der Waals surface area contributed by atoms with E-state index in [9.17, 15) is 5.11 Å². The molecule has 1 rings (SSSR count). The quantitative estimate of drug-likeness (QED) is 0.768. The minimum absolute atomic E-state index is 0.0930. The van der Waals surface area contributed by atoms with Gasteiger partial charge in [0.2, 0.25) is 0 Å². The summed E-state index contributed by atoms with van der Waals surface area (Å²) >= 11 is 1.92. The number of thioether (sulfide) groups is 1. The van der Waals surface area contributed by atoms with E-state index in [1.807, 2.05) is 11.8 Å². The molecule has 0 bridgehead atoms. The summed E-state index contributed by atoms with van der Waals surface area (Å²) in [4.78, 5) is 0. The summed E-state index contributed by atoms with van der Waals surface area (Å²) in [7, 11) is 1.73. The Morgan fingerprint density at radius 1 is 1.57 bits per heavy atom. The first-order valence-electron chi connectivity index (χ1n) is 5.40. The summed E-state index contributed by atoms with van der Waals surface area (Å²) < 4.78 is 5.33. The second kappa shape index (κ2) is 5.38. The standard InChI is InChI=1S/C11H22O2S/c1-11(2,13-3)7-6-9(12)10-5-4-8-14-10/h9-10,12H,4-8H2,1-3H3. The fraction of sp³-hybridized carbons (Fsp3) is 1.00. The number of hydrogen-bond acceptors (Lipinski definition) is 3. The molecule has 0 saturated carbocycles. The topological polar surface area (TPSA) is 29.5 Å². The lowest BCUT2D eigenvalue weighted by atomic mass is 9.98. The smallest absolute Gasteiger partial charge is 0.0659 e. The van der Waals surface area contributed by atoms with Gasteiger partial charge in [0, 0.05) is 12.4 Å². The molecule has 1 N–H and O–H groups in total. The van der Waals surface area contributed by atoms with Crippen molar-refractivity contribution < 1.29 is 9.84 Å². The highest BCUT2D eigenvalue weighted by Crippen LogP contribution is 2.31. The summed E-state index contributed by atoms with van der Waals surface area (Å²) in [5.41, 5.74) is -0.0930. The molecule has 1 aliphatic rings. The molecular formula is C11H22O2S. The van der Waals surface area contributed by atoms with Crippen molar-refractivity contribution in [2.24, 2.45) is 0 Å². The second-order valence-electron chi connectivity index (χ2n) is 4.62. The van der Waals surface area contributed by atoms with Crippen LogP contribution in [0, 0.1) is 0 Å². The monoisotopic (exact) mass is 218 g/mol. The maximum Gasteiger partial charge on any atom is 0.0659 e. The zero-order valence-corrected chi connectivity index (χ0v) is 10.3. The van der Waals surface area contributed by atoms with Gasteiger partial charge in [0.1, 0.15) is 0 Å². The van der Waals surface area contributed by atoms with E-state index in [1.165, 1.54) is 18.6 Å². The Morgan fingerprint density at radius 3 is 2.79 bits per heavy atom. The highest BCUT2D eigenvalue weighted by Gasteiger charge is 2.26. The maximum absolute atomic E-state index is 9.93. The van der Waals surface area contributed by atoms with Crippen LogP contribution in [-0.4, -0.2) is 34.9 Å². The summed E-state index contributed by atoms with van der Waals surface area (Å²) in [5, 5.41) is 10.4. The molecule has 0 spiro atoms. The van der Waals surface area contributed by atoms with Gasteiger partial charge in [-0.2, -0.15) is 11.8 Å². The van der Waals surface area contributed by atoms with Crippen molar-refractivity contribution in [3.8, 4) is 0 Å². The lowest BCUT2D eigenvalue weighted by Gasteiger charge is -2.25. The van der Waals surface area contributed by atoms with Crippen LogP contribution in [0.3, 0.4) is 0 Å². The SMILES string of the molecule is COC(C)(C)CCC(O)C1CCCS1. The Hall–Kier alpha value is 0.270. The van der Waals surface area contributed by atoms with Crippen LogP contribution < -0.4 is 0 Å². The molecule has 1 aliphatic heterocycles. The largest absolute Gasteiger partial charge is 0.392 e. The fourth-order valence-electron chi connectivity index (χ4n) is 1.69. The first-order chi connectivity index (χ1) is 6.55. The van der Waals surface area contributed by atoms with Crippen LogP contribution in [0.15, 0.2) is 0 Å². The van der Waals surface area contributed by atoms with Crippen molar-refractivity contribution in [3.05, 3.63) is 0 Å². The average molecular weight is 218 g/mol. The van der Waals surface area contributed by atoms with Crippen LogP contribution in [0.25, 0.3) is 0 Å². The van der Waals surface area contributed by atoms with Gasteiger partial charge in [0.25, 0.3) is 0 Å². The maximum atomic E-state index is 9.93. The number of methoxy groups -OCH3 is 1. The van der Waals surface area contributed by atoms with Crippen LogP contribution in [0.2, 0.25) is 0 Å². The predicted molar refractivity (Wildman–Crippen MR) is 61.8 cm³/mol. The van der Waals surface area contributed by atoms with E-state index in [-0.39, 0.29) is 11.7 Å². The third kappa shape index (κ3) is 3.79. The van der Waals surface area contributed by atoms with Crippen LogP contribution in [0.1, 0.15) is 39.5 Å². The van der Waals surface area contributed by atoms with Gasteiger partial charge in [-0.1, -0.05) is 0 Å². The second-order valence-corrected chi connectivity index (χ2v) is 5.97. The molecule has 84 valence electrons. The van der Waals surface area contributed by atoms with Crippen molar-refractivity contribution in [3.63, 3.8) is 0 Å². The molecule has 0 amide bonds. The Morgan fingerprint density at radius 2 is 2.29 bits per heavy atom. The molecular weight excluding hydrogens is 196 g/mol. The minimum Gasteiger partial charge on any atom is -0.392 e. The molecule has 1 fully saturated rings. The van der Waals surface area contributed by atoms with Crippen molar-refractivity contribution >= 4 is 11.8 Å². The van der Waals surface area contributed by atoms with Crippen LogP contribution >= 0.6 is 11.8 Å². The van der Waals surface area contributed by atoms with Gasteiger partial charge in [-0.25, -0.2) is 0 Å². The molecule has 1 saturated heterocycles. The number of hydrogen-bond donors (Lipinski definition) is 1.